The van der Waals surface area contributed by atoms with Crippen molar-refractivity contribution in [1.82, 2.24) is 14.9 Å². The topological polar surface area (TPSA) is 58.3 Å². The molecule has 0 amide bonds. The minimum atomic E-state index is 0.599. The number of fused-ring (bicyclic) bond motifs is 2. The van der Waals surface area contributed by atoms with E-state index in [9.17, 15) is 0 Å². The molecule has 0 spiro atoms. The van der Waals surface area contributed by atoms with Crippen LogP contribution < -0.4 is 10.6 Å². The van der Waals surface area contributed by atoms with Crippen molar-refractivity contribution in [3.8, 4) is 0 Å². The number of rotatable bonds is 1. The molecule has 2 bridgehead atoms. The lowest BCUT2D eigenvalue weighted by Gasteiger charge is -2.34. The summed E-state index contributed by atoms with van der Waals surface area (Å²) < 4.78 is 0. The molecule has 3 rings (SSSR count). The molecule has 1 aromatic rings. The summed E-state index contributed by atoms with van der Waals surface area (Å²) in [4.78, 5) is 13.4. The number of hydrogen-bond acceptors (Lipinski definition) is 5. The third-order valence-electron chi connectivity index (χ3n) is 3.26. The van der Waals surface area contributed by atoms with E-state index in [0.29, 0.717) is 11.7 Å². The number of nitrogens with two attached hydrogens (primary N) is 1. The van der Waals surface area contributed by atoms with Crippen LogP contribution >= 0.6 is 0 Å². The van der Waals surface area contributed by atoms with E-state index in [2.05, 4.69) is 19.8 Å². The quantitative estimate of drug-likeness (QED) is 0.696. The molecular weight excluding hydrogens is 190 g/mol. The van der Waals surface area contributed by atoms with Crippen molar-refractivity contribution in [2.75, 3.05) is 36.8 Å². The van der Waals surface area contributed by atoms with Crippen LogP contribution in [0.5, 0.6) is 0 Å². The molecular formula is C10H15N5. The van der Waals surface area contributed by atoms with Gasteiger partial charge in [-0.05, 0) is 6.42 Å². The Hall–Kier alpha value is -1.36. The third-order valence-corrected chi connectivity index (χ3v) is 3.26. The number of hydrogen-bond donors (Lipinski definition) is 1. The fraction of sp³-hybridized carbons (Fsp3) is 0.600. The van der Waals surface area contributed by atoms with Gasteiger partial charge in [-0.2, -0.15) is 0 Å². The first-order chi connectivity index (χ1) is 7.33. The number of aromatic nitrogens is 2. The minimum absolute atomic E-state index is 0.599. The van der Waals surface area contributed by atoms with Crippen LogP contribution in [-0.4, -0.2) is 47.1 Å². The molecule has 3 heterocycles. The third kappa shape index (κ3) is 1.52. The Bertz CT molecular complexity index is 349. The van der Waals surface area contributed by atoms with Crippen LogP contribution in [0.1, 0.15) is 6.42 Å². The predicted molar refractivity (Wildman–Crippen MR) is 58.6 cm³/mol. The van der Waals surface area contributed by atoms with Gasteiger partial charge in [-0.25, -0.2) is 9.97 Å². The van der Waals surface area contributed by atoms with E-state index in [0.717, 1.165) is 25.6 Å². The molecule has 1 aromatic heterocycles. The zero-order chi connectivity index (χ0) is 10.3. The molecule has 0 radical (unpaired) electrons. The molecule has 2 N–H and O–H groups in total. The first kappa shape index (κ1) is 8.91. The lowest BCUT2D eigenvalue weighted by Crippen LogP contribution is -2.47. The second-order valence-corrected chi connectivity index (χ2v) is 4.25. The van der Waals surface area contributed by atoms with Crippen LogP contribution in [0.3, 0.4) is 0 Å². The van der Waals surface area contributed by atoms with Crippen molar-refractivity contribution >= 4 is 11.6 Å². The molecule has 2 aliphatic heterocycles. The summed E-state index contributed by atoms with van der Waals surface area (Å²) in [6.07, 6.45) is 4.60. The van der Waals surface area contributed by atoms with E-state index >= 15 is 0 Å². The average Bonchev–Trinajstić information content (AvgIpc) is 2.63. The van der Waals surface area contributed by atoms with Crippen molar-refractivity contribution in [1.29, 1.82) is 0 Å². The van der Waals surface area contributed by atoms with Crippen LogP contribution in [0.2, 0.25) is 0 Å². The molecule has 2 fully saturated rings. The second-order valence-electron chi connectivity index (χ2n) is 4.25. The van der Waals surface area contributed by atoms with Gasteiger partial charge in [0, 0.05) is 32.2 Å². The molecule has 0 aromatic carbocycles. The summed E-state index contributed by atoms with van der Waals surface area (Å²) in [5, 5.41) is 0. The monoisotopic (exact) mass is 205 g/mol. The Labute approximate surface area is 88.9 Å². The molecule has 2 aliphatic rings. The van der Waals surface area contributed by atoms with Crippen LogP contribution in [0.15, 0.2) is 12.4 Å². The van der Waals surface area contributed by atoms with Gasteiger partial charge >= 0.3 is 0 Å². The lowest BCUT2D eigenvalue weighted by molar-refractivity contribution is 0.309. The summed E-state index contributed by atoms with van der Waals surface area (Å²) in [7, 11) is 0. The number of nitrogen functional groups attached to an aromatic ring is 1. The second kappa shape index (κ2) is 3.34. The summed E-state index contributed by atoms with van der Waals surface area (Å²) in [5.74, 6) is 0.829. The average molecular weight is 205 g/mol. The molecule has 80 valence electrons. The smallest absolute Gasteiger partial charge is 0.225 e. The van der Waals surface area contributed by atoms with E-state index in [1.54, 1.807) is 12.4 Å². The zero-order valence-corrected chi connectivity index (χ0v) is 8.63. The summed E-state index contributed by atoms with van der Waals surface area (Å²) in [6, 6.07) is 0.599. The van der Waals surface area contributed by atoms with Crippen LogP contribution in [-0.2, 0) is 0 Å². The van der Waals surface area contributed by atoms with E-state index in [1.165, 1.54) is 13.0 Å². The number of anilines is 2. The highest BCUT2D eigenvalue weighted by atomic mass is 15.4. The van der Waals surface area contributed by atoms with Crippen LogP contribution in [0.4, 0.5) is 11.6 Å². The Kier molecular flexibility index (Phi) is 1.98. The van der Waals surface area contributed by atoms with E-state index in [4.69, 9.17) is 5.73 Å². The molecule has 2 atom stereocenters. The highest BCUT2D eigenvalue weighted by Gasteiger charge is 2.33. The predicted octanol–water partition coefficient (Wildman–Crippen LogP) is -0.0469. The molecule has 2 saturated heterocycles. The van der Waals surface area contributed by atoms with Gasteiger partial charge in [0.25, 0.3) is 0 Å². The van der Waals surface area contributed by atoms with Gasteiger partial charge in [0.15, 0.2) is 0 Å². The first-order valence-corrected chi connectivity index (χ1v) is 5.39. The molecule has 15 heavy (non-hydrogen) atoms. The Balaban J connectivity index is 1.84. The Morgan fingerprint density at radius 1 is 1.20 bits per heavy atom. The van der Waals surface area contributed by atoms with E-state index in [-0.39, 0.29) is 0 Å². The zero-order valence-electron chi connectivity index (χ0n) is 8.63. The molecule has 0 saturated carbocycles. The van der Waals surface area contributed by atoms with Crippen LogP contribution in [0, 0.1) is 0 Å². The highest BCUT2D eigenvalue weighted by molar-refractivity contribution is 5.39. The number of piperazine rings is 1. The van der Waals surface area contributed by atoms with Gasteiger partial charge in [0.05, 0.1) is 18.1 Å². The van der Waals surface area contributed by atoms with E-state index < -0.39 is 0 Å². The standard InChI is InChI=1S/C10H15N5/c11-8-5-12-10(13-6-8)15-4-3-14-2-1-9(15)7-14/h5-6,9H,1-4,7,11H2. The van der Waals surface area contributed by atoms with Gasteiger partial charge in [0.2, 0.25) is 5.95 Å². The lowest BCUT2D eigenvalue weighted by atomic mass is 10.2. The molecule has 5 nitrogen and oxygen atoms in total. The normalized spacial score (nSPS) is 29.5. The maximum Gasteiger partial charge on any atom is 0.225 e. The summed E-state index contributed by atoms with van der Waals surface area (Å²) in [5.41, 5.74) is 6.21. The summed E-state index contributed by atoms with van der Waals surface area (Å²) in [6.45, 7) is 4.54. The number of nitrogens with zero attached hydrogens (tertiary/aromatic N) is 4. The maximum atomic E-state index is 5.58. The van der Waals surface area contributed by atoms with Crippen molar-refractivity contribution < 1.29 is 0 Å². The van der Waals surface area contributed by atoms with Gasteiger partial charge in [0.1, 0.15) is 0 Å². The fourth-order valence-electron chi connectivity index (χ4n) is 2.44. The van der Waals surface area contributed by atoms with Gasteiger partial charge in [-0.15, -0.1) is 0 Å². The van der Waals surface area contributed by atoms with Gasteiger partial charge in [-0.1, -0.05) is 0 Å². The van der Waals surface area contributed by atoms with Crippen molar-refractivity contribution in [2.24, 2.45) is 0 Å². The minimum Gasteiger partial charge on any atom is -0.396 e. The Morgan fingerprint density at radius 2 is 2.00 bits per heavy atom. The largest absolute Gasteiger partial charge is 0.396 e. The fourth-order valence-corrected chi connectivity index (χ4v) is 2.44. The highest BCUT2D eigenvalue weighted by Crippen LogP contribution is 2.23. The van der Waals surface area contributed by atoms with Gasteiger partial charge < -0.3 is 10.6 Å². The van der Waals surface area contributed by atoms with Gasteiger partial charge in [-0.3, -0.25) is 4.90 Å². The van der Waals surface area contributed by atoms with Crippen molar-refractivity contribution in [3.63, 3.8) is 0 Å². The molecule has 5 heteroatoms. The molecule has 0 aliphatic carbocycles. The van der Waals surface area contributed by atoms with E-state index in [1.807, 2.05) is 0 Å². The molecule has 2 unspecified atom stereocenters. The van der Waals surface area contributed by atoms with Crippen LogP contribution in [0.25, 0.3) is 0 Å². The van der Waals surface area contributed by atoms with Crippen molar-refractivity contribution in [2.45, 2.75) is 12.5 Å². The maximum absolute atomic E-state index is 5.58. The Morgan fingerprint density at radius 3 is 2.80 bits per heavy atom. The first-order valence-electron chi connectivity index (χ1n) is 5.39. The SMILES string of the molecule is Nc1cnc(N2CCN3CCC2C3)nc1. The summed E-state index contributed by atoms with van der Waals surface area (Å²) >= 11 is 0. The van der Waals surface area contributed by atoms with Crippen molar-refractivity contribution in [3.05, 3.63) is 12.4 Å².